The van der Waals surface area contributed by atoms with Crippen LogP contribution in [0.3, 0.4) is 0 Å². The number of nitrogens with two attached hydrogens (primary N) is 1. The SMILES string of the molecule is NCc1cc(S(=O)(=O)NC2COc3ccccc32)c(Br)o1. The molecule has 1 unspecified atom stereocenters. The Kier molecular flexibility index (Phi) is 3.78. The van der Waals surface area contributed by atoms with Gasteiger partial charge >= 0.3 is 0 Å². The van der Waals surface area contributed by atoms with Gasteiger partial charge in [-0.05, 0) is 22.0 Å². The van der Waals surface area contributed by atoms with E-state index in [1.165, 1.54) is 6.07 Å². The van der Waals surface area contributed by atoms with Gasteiger partial charge in [0, 0.05) is 11.6 Å². The maximum Gasteiger partial charge on any atom is 0.245 e. The first kappa shape index (κ1) is 14.6. The van der Waals surface area contributed by atoms with Crippen molar-refractivity contribution in [1.29, 1.82) is 0 Å². The van der Waals surface area contributed by atoms with Crippen molar-refractivity contribution in [3.63, 3.8) is 0 Å². The molecule has 1 aromatic carbocycles. The molecule has 0 amide bonds. The fourth-order valence-corrected chi connectivity index (χ4v) is 4.39. The Morgan fingerprint density at radius 2 is 2.14 bits per heavy atom. The molecule has 8 heteroatoms. The van der Waals surface area contributed by atoms with Crippen molar-refractivity contribution < 1.29 is 17.6 Å². The van der Waals surface area contributed by atoms with Crippen LogP contribution in [-0.2, 0) is 16.6 Å². The van der Waals surface area contributed by atoms with Crippen LogP contribution in [-0.4, -0.2) is 15.0 Å². The van der Waals surface area contributed by atoms with Crippen molar-refractivity contribution in [3.8, 4) is 5.75 Å². The lowest BCUT2D eigenvalue weighted by atomic mass is 10.1. The van der Waals surface area contributed by atoms with E-state index < -0.39 is 16.1 Å². The maximum absolute atomic E-state index is 12.5. The molecule has 1 aliphatic heterocycles. The molecule has 21 heavy (non-hydrogen) atoms. The molecular weight excluding hydrogens is 360 g/mol. The number of halogens is 1. The Labute approximate surface area is 130 Å². The van der Waals surface area contributed by atoms with Gasteiger partial charge in [0.2, 0.25) is 10.0 Å². The number of benzene rings is 1. The van der Waals surface area contributed by atoms with Crippen LogP contribution in [0, 0.1) is 0 Å². The second-order valence-corrected chi connectivity index (χ2v) is 6.98. The maximum atomic E-state index is 12.5. The Balaban J connectivity index is 1.89. The summed E-state index contributed by atoms with van der Waals surface area (Å²) < 4.78 is 38.4. The van der Waals surface area contributed by atoms with Crippen LogP contribution in [0.1, 0.15) is 17.4 Å². The second-order valence-electron chi connectivity index (χ2n) is 4.58. The Morgan fingerprint density at radius 3 is 2.86 bits per heavy atom. The van der Waals surface area contributed by atoms with Gasteiger partial charge in [0.05, 0.1) is 12.6 Å². The highest BCUT2D eigenvalue weighted by molar-refractivity contribution is 9.10. The van der Waals surface area contributed by atoms with Crippen LogP contribution in [0.5, 0.6) is 5.75 Å². The summed E-state index contributed by atoms with van der Waals surface area (Å²) in [5, 5.41) is 0. The minimum absolute atomic E-state index is 0.0346. The molecule has 0 fully saturated rings. The lowest BCUT2D eigenvalue weighted by Gasteiger charge is -2.11. The van der Waals surface area contributed by atoms with Gasteiger partial charge in [-0.3, -0.25) is 0 Å². The van der Waals surface area contributed by atoms with Gasteiger partial charge in [0.15, 0.2) is 4.67 Å². The average molecular weight is 373 g/mol. The molecule has 0 bridgehead atoms. The fraction of sp³-hybridized carbons (Fsp3) is 0.231. The third-order valence-electron chi connectivity index (χ3n) is 3.19. The molecule has 2 aromatic rings. The van der Waals surface area contributed by atoms with Gasteiger partial charge in [-0.2, -0.15) is 4.72 Å². The molecule has 1 aromatic heterocycles. The number of hydrogen-bond acceptors (Lipinski definition) is 5. The molecule has 0 aliphatic carbocycles. The van der Waals surface area contributed by atoms with Crippen molar-refractivity contribution in [2.24, 2.45) is 5.73 Å². The lowest BCUT2D eigenvalue weighted by Crippen LogP contribution is -2.29. The summed E-state index contributed by atoms with van der Waals surface area (Å²) in [5.41, 5.74) is 6.27. The number of fused-ring (bicyclic) bond motifs is 1. The third kappa shape index (κ3) is 2.71. The van der Waals surface area contributed by atoms with E-state index in [0.29, 0.717) is 11.5 Å². The first-order valence-electron chi connectivity index (χ1n) is 6.23. The van der Waals surface area contributed by atoms with Gasteiger partial charge < -0.3 is 14.9 Å². The first-order valence-corrected chi connectivity index (χ1v) is 8.51. The Bertz CT molecular complexity index is 772. The second kappa shape index (κ2) is 5.45. The van der Waals surface area contributed by atoms with E-state index in [-0.39, 0.29) is 22.7 Å². The number of sulfonamides is 1. The number of rotatable bonds is 4. The first-order chi connectivity index (χ1) is 10.0. The zero-order chi connectivity index (χ0) is 15.0. The number of furan rings is 1. The molecule has 1 atom stereocenters. The van der Waals surface area contributed by atoms with E-state index in [9.17, 15) is 8.42 Å². The fourth-order valence-electron chi connectivity index (χ4n) is 2.19. The Hall–Kier alpha value is -1.35. The van der Waals surface area contributed by atoms with E-state index in [1.807, 2.05) is 24.3 Å². The molecule has 3 rings (SSSR count). The molecule has 0 spiro atoms. The average Bonchev–Trinajstić information content (AvgIpc) is 3.03. The van der Waals surface area contributed by atoms with Crippen molar-refractivity contribution in [1.82, 2.24) is 4.72 Å². The van der Waals surface area contributed by atoms with Gasteiger partial charge in [0.25, 0.3) is 0 Å². The van der Waals surface area contributed by atoms with Gasteiger partial charge in [0.1, 0.15) is 23.0 Å². The smallest absolute Gasteiger partial charge is 0.245 e. The summed E-state index contributed by atoms with van der Waals surface area (Å²) in [6.07, 6.45) is 0. The molecule has 0 radical (unpaired) electrons. The highest BCUT2D eigenvalue weighted by atomic mass is 79.9. The summed E-state index contributed by atoms with van der Waals surface area (Å²) in [5.74, 6) is 1.09. The monoisotopic (exact) mass is 372 g/mol. The molecule has 0 saturated carbocycles. The van der Waals surface area contributed by atoms with Crippen LogP contribution in [0.4, 0.5) is 0 Å². The molecular formula is C13H13BrN2O4S. The van der Waals surface area contributed by atoms with Crippen LogP contribution in [0.15, 0.2) is 44.3 Å². The van der Waals surface area contributed by atoms with Crippen molar-refractivity contribution in [2.45, 2.75) is 17.5 Å². The number of ether oxygens (including phenoxy) is 1. The van der Waals surface area contributed by atoms with Crippen molar-refractivity contribution >= 4 is 26.0 Å². The zero-order valence-electron chi connectivity index (χ0n) is 10.9. The van der Waals surface area contributed by atoms with E-state index in [0.717, 1.165) is 5.56 Å². The predicted molar refractivity (Wildman–Crippen MR) is 79.3 cm³/mol. The van der Waals surface area contributed by atoms with E-state index in [4.69, 9.17) is 14.9 Å². The van der Waals surface area contributed by atoms with Gasteiger partial charge in [-0.25, -0.2) is 8.42 Å². The molecule has 6 nitrogen and oxygen atoms in total. The highest BCUT2D eigenvalue weighted by Crippen LogP contribution is 2.34. The largest absolute Gasteiger partial charge is 0.491 e. The summed E-state index contributed by atoms with van der Waals surface area (Å²) in [6.45, 7) is 0.390. The van der Waals surface area contributed by atoms with Crippen LogP contribution >= 0.6 is 15.9 Å². The van der Waals surface area contributed by atoms with E-state index in [1.54, 1.807) is 0 Å². The zero-order valence-corrected chi connectivity index (χ0v) is 13.3. The topological polar surface area (TPSA) is 94.6 Å². The minimum atomic E-state index is -3.73. The molecule has 3 N–H and O–H groups in total. The lowest BCUT2D eigenvalue weighted by molar-refractivity contribution is 0.325. The molecule has 2 heterocycles. The van der Waals surface area contributed by atoms with Crippen LogP contribution in [0.25, 0.3) is 0 Å². The summed E-state index contributed by atoms with van der Waals surface area (Å²) in [7, 11) is -3.73. The van der Waals surface area contributed by atoms with Crippen LogP contribution in [0.2, 0.25) is 0 Å². The quantitative estimate of drug-likeness (QED) is 0.854. The van der Waals surface area contributed by atoms with E-state index >= 15 is 0 Å². The van der Waals surface area contributed by atoms with Gasteiger partial charge in [-0.15, -0.1) is 0 Å². The summed E-state index contributed by atoms with van der Waals surface area (Å²) in [6, 6.07) is 8.32. The normalized spacial score (nSPS) is 17.5. The number of nitrogens with one attached hydrogen (secondary N) is 1. The van der Waals surface area contributed by atoms with Crippen molar-refractivity contribution in [2.75, 3.05) is 6.61 Å². The number of para-hydroxylation sites is 1. The van der Waals surface area contributed by atoms with Gasteiger partial charge in [-0.1, -0.05) is 18.2 Å². The number of hydrogen-bond donors (Lipinski definition) is 2. The summed E-state index contributed by atoms with van der Waals surface area (Å²) in [4.78, 5) is 0.0346. The molecule has 1 aliphatic rings. The van der Waals surface area contributed by atoms with Crippen molar-refractivity contribution in [3.05, 3.63) is 46.3 Å². The molecule has 0 saturated heterocycles. The van der Waals surface area contributed by atoms with Crippen LogP contribution < -0.4 is 15.2 Å². The Morgan fingerprint density at radius 1 is 1.38 bits per heavy atom. The predicted octanol–water partition coefficient (Wildman–Crippen LogP) is 1.91. The highest BCUT2D eigenvalue weighted by Gasteiger charge is 2.31. The summed E-state index contributed by atoms with van der Waals surface area (Å²) >= 11 is 3.10. The van der Waals surface area contributed by atoms with E-state index in [2.05, 4.69) is 20.7 Å². The standard InChI is InChI=1S/C13H13BrN2O4S/c14-13-12(5-8(6-15)20-13)21(17,18)16-10-7-19-11-4-2-1-3-9(10)11/h1-5,10,16H,6-7,15H2. The third-order valence-corrected chi connectivity index (χ3v) is 5.52. The minimum Gasteiger partial charge on any atom is -0.491 e. The molecule has 112 valence electrons.